The second-order valence-electron chi connectivity index (χ2n) is 3.32. The Morgan fingerprint density at radius 1 is 1.12 bits per heavy atom. The first kappa shape index (κ1) is 12.2. The molecule has 0 aromatic heterocycles. The van der Waals surface area contributed by atoms with Gasteiger partial charge in [0.25, 0.3) is 10.1 Å². The predicted octanol–water partition coefficient (Wildman–Crippen LogP) is 1.32. The third-order valence-electron chi connectivity index (χ3n) is 2.28. The first-order valence-corrected chi connectivity index (χ1v) is 7.01. The number of rotatable bonds is 2. The van der Waals surface area contributed by atoms with Crippen molar-refractivity contribution < 1.29 is 21.7 Å². The Morgan fingerprint density at radius 3 is 2.35 bits per heavy atom. The molecule has 2 aromatic rings. The molecule has 0 aliphatic heterocycles. The van der Waals surface area contributed by atoms with Gasteiger partial charge in [0.15, 0.2) is 0 Å². The lowest BCUT2D eigenvalue weighted by Gasteiger charge is -2.12. The molecule has 0 aliphatic rings. The lowest BCUT2D eigenvalue weighted by Crippen LogP contribution is -2.05. The molecule has 1 unspecified atom stereocenters. The van der Waals surface area contributed by atoms with Crippen molar-refractivity contribution in [2.45, 2.75) is 9.79 Å². The van der Waals surface area contributed by atoms with Crippen LogP contribution in [-0.4, -0.2) is 21.7 Å². The fraction of sp³-hybridized carbons (Fsp3) is 0. The second-order valence-corrected chi connectivity index (χ2v) is 5.59. The van der Waals surface area contributed by atoms with Crippen molar-refractivity contribution in [2.75, 3.05) is 0 Å². The minimum atomic E-state index is -4.60. The molecule has 17 heavy (non-hydrogen) atoms. The predicted molar refractivity (Wildman–Crippen MR) is 60.9 cm³/mol. The SMILES string of the molecule is O=S([O-])c1ccc2ccccc2c1S(=O)(=O)O. The molecule has 7 heteroatoms. The molecule has 5 nitrogen and oxygen atoms in total. The molecule has 90 valence electrons. The van der Waals surface area contributed by atoms with E-state index in [1.807, 2.05) is 0 Å². The Kier molecular flexibility index (Phi) is 3.00. The van der Waals surface area contributed by atoms with Crippen LogP contribution in [0.2, 0.25) is 0 Å². The molecule has 0 amide bonds. The fourth-order valence-electron chi connectivity index (χ4n) is 1.62. The number of hydrogen-bond donors (Lipinski definition) is 1. The van der Waals surface area contributed by atoms with Crippen molar-refractivity contribution in [1.82, 2.24) is 0 Å². The molecule has 0 spiro atoms. The summed E-state index contributed by atoms with van der Waals surface area (Å²) in [7, 11) is -4.60. The fourth-order valence-corrected chi connectivity index (χ4v) is 3.37. The second kappa shape index (κ2) is 4.19. The van der Waals surface area contributed by atoms with Crippen LogP contribution >= 0.6 is 0 Å². The summed E-state index contributed by atoms with van der Waals surface area (Å²) in [6.45, 7) is 0. The molecule has 2 rings (SSSR count). The Bertz CT molecular complexity index is 706. The van der Waals surface area contributed by atoms with Crippen LogP contribution in [0, 0.1) is 0 Å². The van der Waals surface area contributed by atoms with E-state index in [1.165, 1.54) is 12.1 Å². The first-order chi connectivity index (χ1) is 7.91. The maximum atomic E-state index is 11.3. The van der Waals surface area contributed by atoms with Crippen LogP contribution in [-0.2, 0) is 21.2 Å². The average molecular weight is 271 g/mol. The Hall–Kier alpha value is -1.28. The first-order valence-electron chi connectivity index (χ1n) is 4.50. The van der Waals surface area contributed by atoms with Gasteiger partial charge in [-0.2, -0.15) is 8.42 Å². The summed E-state index contributed by atoms with van der Waals surface area (Å²) >= 11 is -2.73. The zero-order valence-corrected chi connectivity index (χ0v) is 9.99. The van der Waals surface area contributed by atoms with Crippen molar-refractivity contribution in [3.05, 3.63) is 36.4 Å². The van der Waals surface area contributed by atoms with Crippen LogP contribution in [0.1, 0.15) is 0 Å². The molecule has 1 N–H and O–H groups in total. The molecule has 0 saturated carbocycles. The molecule has 0 heterocycles. The normalized spacial score (nSPS) is 13.8. The summed E-state index contributed by atoms with van der Waals surface area (Å²) in [6, 6.07) is 8.94. The Labute approximate surface area is 100 Å². The van der Waals surface area contributed by atoms with Crippen LogP contribution in [0.4, 0.5) is 0 Å². The third kappa shape index (κ3) is 2.22. The van der Waals surface area contributed by atoms with Gasteiger partial charge in [-0.15, -0.1) is 0 Å². The van der Waals surface area contributed by atoms with E-state index in [-0.39, 0.29) is 5.39 Å². The van der Waals surface area contributed by atoms with E-state index in [1.54, 1.807) is 18.2 Å². The summed E-state index contributed by atoms with van der Waals surface area (Å²) in [5.74, 6) is 0. The van der Waals surface area contributed by atoms with Gasteiger partial charge in [-0.05, 0) is 22.5 Å². The molecule has 0 fully saturated rings. The van der Waals surface area contributed by atoms with Crippen molar-refractivity contribution in [1.29, 1.82) is 0 Å². The maximum absolute atomic E-state index is 11.3. The van der Waals surface area contributed by atoms with E-state index < -0.39 is 31.0 Å². The summed E-state index contributed by atoms with van der Waals surface area (Å²) in [6.07, 6.45) is 0. The Balaban J connectivity index is 3.00. The van der Waals surface area contributed by atoms with Crippen molar-refractivity contribution in [3.8, 4) is 0 Å². The van der Waals surface area contributed by atoms with Crippen LogP contribution in [0.3, 0.4) is 0 Å². The lowest BCUT2D eigenvalue weighted by molar-refractivity contribution is 0.479. The zero-order valence-electron chi connectivity index (χ0n) is 8.36. The van der Waals surface area contributed by atoms with Gasteiger partial charge in [0.2, 0.25) is 0 Å². The molecular weight excluding hydrogens is 264 g/mol. The average Bonchev–Trinajstić information content (AvgIpc) is 2.26. The van der Waals surface area contributed by atoms with E-state index in [4.69, 9.17) is 4.55 Å². The van der Waals surface area contributed by atoms with E-state index in [9.17, 15) is 17.2 Å². The quantitative estimate of drug-likeness (QED) is 0.656. The highest BCUT2D eigenvalue weighted by molar-refractivity contribution is 7.87. The van der Waals surface area contributed by atoms with Gasteiger partial charge in [-0.25, -0.2) is 0 Å². The van der Waals surface area contributed by atoms with Crippen molar-refractivity contribution in [2.24, 2.45) is 0 Å². The largest absolute Gasteiger partial charge is 0.768 e. The summed E-state index contributed by atoms with van der Waals surface area (Å²) < 4.78 is 53.5. The number of fused-ring (bicyclic) bond motifs is 1. The highest BCUT2D eigenvalue weighted by Gasteiger charge is 2.19. The monoisotopic (exact) mass is 271 g/mol. The van der Waals surface area contributed by atoms with Gasteiger partial charge >= 0.3 is 0 Å². The van der Waals surface area contributed by atoms with Crippen LogP contribution < -0.4 is 0 Å². The molecule has 0 radical (unpaired) electrons. The summed E-state index contributed by atoms with van der Waals surface area (Å²) in [4.78, 5) is -1.02. The van der Waals surface area contributed by atoms with Gasteiger partial charge in [0.1, 0.15) is 4.90 Å². The highest BCUT2D eigenvalue weighted by Crippen LogP contribution is 2.28. The molecule has 2 aromatic carbocycles. The number of benzene rings is 2. The van der Waals surface area contributed by atoms with Gasteiger partial charge in [-0.3, -0.25) is 8.76 Å². The van der Waals surface area contributed by atoms with Gasteiger partial charge in [-0.1, -0.05) is 30.3 Å². The topological polar surface area (TPSA) is 94.5 Å². The summed E-state index contributed by atoms with van der Waals surface area (Å²) in [5.41, 5.74) is 0. The number of hydrogen-bond acceptors (Lipinski definition) is 4. The molecular formula is C10H7O5S2-. The molecule has 0 bridgehead atoms. The smallest absolute Gasteiger partial charge is 0.296 e. The lowest BCUT2D eigenvalue weighted by atomic mass is 10.1. The van der Waals surface area contributed by atoms with Crippen molar-refractivity contribution in [3.63, 3.8) is 0 Å². The molecule has 1 atom stereocenters. The third-order valence-corrected chi connectivity index (χ3v) is 4.07. The van der Waals surface area contributed by atoms with Crippen LogP contribution in [0.25, 0.3) is 10.8 Å². The highest BCUT2D eigenvalue weighted by atomic mass is 32.2. The van der Waals surface area contributed by atoms with Crippen LogP contribution in [0.15, 0.2) is 46.2 Å². The minimum absolute atomic E-state index is 0.178. The molecule has 0 aliphatic carbocycles. The van der Waals surface area contributed by atoms with Gasteiger partial charge in [0, 0.05) is 10.3 Å². The van der Waals surface area contributed by atoms with E-state index in [0.717, 1.165) is 6.07 Å². The van der Waals surface area contributed by atoms with E-state index >= 15 is 0 Å². The van der Waals surface area contributed by atoms with Gasteiger partial charge in [0.05, 0.1) is 0 Å². The maximum Gasteiger partial charge on any atom is 0.296 e. The summed E-state index contributed by atoms with van der Waals surface area (Å²) in [5, 5.41) is 0.714. The van der Waals surface area contributed by atoms with E-state index in [2.05, 4.69) is 0 Å². The molecule has 0 saturated heterocycles. The van der Waals surface area contributed by atoms with Crippen LogP contribution in [0.5, 0.6) is 0 Å². The minimum Gasteiger partial charge on any atom is -0.768 e. The standard InChI is InChI=1S/C10H8O5S2/c11-16(12)9-6-5-7-3-1-2-4-8(7)10(9)17(13,14)15/h1-6H,(H,11,12)(H,13,14,15)/p-1. The Morgan fingerprint density at radius 2 is 1.76 bits per heavy atom. The van der Waals surface area contributed by atoms with E-state index in [0.29, 0.717) is 5.39 Å². The zero-order chi connectivity index (χ0) is 12.6. The van der Waals surface area contributed by atoms with Crippen molar-refractivity contribution >= 4 is 32.0 Å². The van der Waals surface area contributed by atoms with Gasteiger partial charge < -0.3 is 4.55 Å².